The maximum atomic E-state index is 6.14. The second-order valence-corrected chi connectivity index (χ2v) is 6.10. The summed E-state index contributed by atoms with van der Waals surface area (Å²) < 4.78 is 7.03. The average Bonchev–Trinajstić information content (AvgIpc) is 2.39. The predicted molar refractivity (Wildman–Crippen MR) is 82.8 cm³/mol. The molecule has 1 N–H and O–H groups in total. The fourth-order valence-electron chi connectivity index (χ4n) is 2.50. The van der Waals surface area contributed by atoms with Crippen LogP contribution in [0.25, 0.3) is 0 Å². The molecule has 0 amide bonds. The van der Waals surface area contributed by atoms with E-state index in [1.54, 1.807) is 0 Å². The van der Waals surface area contributed by atoms with Crippen LogP contribution in [0.4, 0.5) is 0 Å². The largest absolute Gasteiger partial charge is 0.374 e. The van der Waals surface area contributed by atoms with Gasteiger partial charge in [0.25, 0.3) is 0 Å². The number of hydrogen-bond donors (Lipinski definition) is 1. The molecule has 2 rings (SSSR count). The number of benzene rings is 1. The Morgan fingerprint density at radius 3 is 3.05 bits per heavy atom. The van der Waals surface area contributed by atoms with Gasteiger partial charge < -0.3 is 10.1 Å². The minimum atomic E-state index is 0.147. The Morgan fingerprint density at radius 1 is 1.53 bits per heavy atom. The van der Waals surface area contributed by atoms with Crippen LogP contribution in [0.2, 0.25) is 5.02 Å². The van der Waals surface area contributed by atoms with E-state index in [4.69, 9.17) is 16.3 Å². The summed E-state index contributed by atoms with van der Waals surface area (Å²) >= 11 is 9.77. The standard InChI is InChI=1S/C14H20BrClN2O/c1-3-17-9-13-14(18(2)6-7-19-13)11-8-10(16)4-5-12(11)15/h4-5,8,13-14,17H,3,6-7,9H2,1-2H3. The van der Waals surface area contributed by atoms with Crippen LogP contribution in [0.5, 0.6) is 0 Å². The van der Waals surface area contributed by atoms with Crippen molar-refractivity contribution in [2.75, 3.05) is 33.3 Å². The van der Waals surface area contributed by atoms with Crippen molar-refractivity contribution in [3.8, 4) is 0 Å². The Balaban J connectivity index is 2.27. The number of halogens is 2. The van der Waals surface area contributed by atoms with Gasteiger partial charge in [-0.1, -0.05) is 34.5 Å². The first-order valence-corrected chi connectivity index (χ1v) is 7.78. The number of likely N-dealkylation sites (N-methyl/N-ethyl adjacent to an activating group) is 2. The SMILES string of the molecule is CCNCC1OCCN(C)C1c1cc(Cl)ccc1Br. The number of rotatable bonds is 4. The summed E-state index contributed by atoms with van der Waals surface area (Å²) in [6.07, 6.45) is 0.147. The fourth-order valence-corrected chi connectivity index (χ4v) is 3.16. The molecule has 0 saturated carbocycles. The first-order valence-electron chi connectivity index (χ1n) is 6.61. The molecule has 1 aliphatic rings. The van der Waals surface area contributed by atoms with Crippen molar-refractivity contribution in [1.82, 2.24) is 10.2 Å². The van der Waals surface area contributed by atoms with Crippen molar-refractivity contribution in [2.24, 2.45) is 0 Å². The van der Waals surface area contributed by atoms with E-state index >= 15 is 0 Å². The average molecular weight is 348 g/mol. The zero-order valence-electron chi connectivity index (χ0n) is 11.3. The highest BCUT2D eigenvalue weighted by atomic mass is 79.9. The van der Waals surface area contributed by atoms with E-state index in [-0.39, 0.29) is 12.1 Å². The van der Waals surface area contributed by atoms with Crippen LogP contribution in [0.15, 0.2) is 22.7 Å². The molecule has 0 spiro atoms. The molecule has 19 heavy (non-hydrogen) atoms. The van der Waals surface area contributed by atoms with Crippen LogP contribution < -0.4 is 5.32 Å². The number of nitrogens with one attached hydrogen (secondary N) is 1. The van der Waals surface area contributed by atoms with Gasteiger partial charge in [0.05, 0.1) is 18.8 Å². The van der Waals surface area contributed by atoms with E-state index in [0.717, 1.165) is 35.7 Å². The van der Waals surface area contributed by atoms with Gasteiger partial charge in [-0.3, -0.25) is 4.90 Å². The number of hydrogen-bond acceptors (Lipinski definition) is 3. The summed E-state index contributed by atoms with van der Waals surface area (Å²) in [6.45, 7) is 5.63. The molecule has 0 aromatic heterocycles. The van der Waals surface area contributed by atoms with Gasteiger partial charge in [0.2, 0.25) is 0 Å². The van der Waals surface area contributed by atoms with Crippen molar-refractivity contribution in [3.63, 3.8) is 0 Å². The van der Waals surface area contributed by atoms with Gasteiger partial charge in [0.1, 0.15) is 0 Å². The maximum Gasteiger partial charge on any atom is 0.0896 e. The third-order valence-electron chi connectivity index (χ3n) is 3.48. The molecule has 1 aliphatic heterocycles. The van der Waals surface area contributed by atoms with Gasteiger partial charge in [0, 0.05) is 22.6 Å². The third kappa shape index (κ3) is 3.70. The van der Waals surface area contributed by atoms with Crippen molar-refractivity contribution >= 4 is 27.5 Å². The minimum Gasteiger partial charge on any atom is -0.374 e. The number of morpholine rings is 1. The molecule has 106 valence electrons. The smallest absolute Gasteiger partial charge is 0.0896 e. The molecule has 0 bridgehead atoms. The Kier molecular flexibility index (Phi) is 5.66. The Morgan fingerprint density at radius 2 is 2.32 bits per heavy atom. The van der Waals surface area contributed by atoms with Gasteiger partial charge in [-0.2, -0.15) is 0 Å². The molecule has 5 heteroatoms. The van der Waals surface area contributed by atoms with E-state index in [1.165, 1.54) is 5.56 Å². The molecular weight excluding hydrogens is 328 g/mol. The van der Waals surface area contributed by atoms with Crippen LogP contribution in [0.1, 0.15) is 18.5 Å². The first-order chi connectivity index (χ1) is 9.13. The monoisotopic (exact) mass is 346 g/mol. The summed E-state index contributed by atoms with van der Waals surface area (Å²) in [6, 6.07) is 6.16. The molecule has 2 atom stereocenters. The molecule has 1 fully saturated rings. The number of nitrogens with zero attached hydrogens (tertiary/aromatic N) is 1. The Labute approximate surface area is 128 Å². The van der Waals surface area contributed by atoms with Crippen molar-refractivity contribution < 1.29 is 4.74 Å². The van der Waals surface area contributed by atoms with Crippen molar-refractivity contribution in [2.45, 2.75) is 19.1 Å². The Bertz CT molecular complexity index is 430. The van der Waals surface area contributed by atoms with Crippen molar-refractivity contribution in [1.29, 1.82) is 0 Å². The highest BCUT2D eigenvalue weighted by molar-refractivity contribution is 9.10. The van der Waals surface area contributed by atoms with E-state index in [1.807, 2.05) is 18.2 Å². The summed E-state index contributed by atoms with van der Waals surface area (Å²) in [4.78, 5) is 2.34. The highest BCUT2D eigenvalue weighted by Gasteiger charge is 2.32. The second kappa shape index (κ2) is 7.04. The molecule has 1 saturated heterocycles. The molecule has 1 aromatic carbocycles. The first kappa shape index (κ1) is 15.3. The normalized spacial score (nSPS) is 24.6. The van der Waals surface area contributed by atoms with Crippen LogP contribution in [-0.4, -0.2) is 44.3 Å². The van der Waals surface area contributed by atoms with Gasteiger partial charge in [-0.25, -0.2) is 0 Å². The van der Waals surface area contributed by atoms with Gasteiger partial charge >= 0.3 is 0 Å². The lowest BCUT2D eigenvalue weighted by Gasteiger charge is -2.40. The molecule has 0 aliphatic carbocycles. The number of ether oxygens (including phenoxy) is 1. The van der Waals surface area contributed by atoms with E-state index in [9.17, 15) is 0 Å². The zero-order chi connectivity index (χ0) is 13.8. The lowest BCUT2D eigenvalue weighted by Crippen LogP contribution is -2.47. The van der Waals surface area contributed by atoms with Crippen LogP contribution >= 0.6 is 27.5 Å². The molecular formula is C14H20BrClN2O. The molecule has 0 radical (unpaired) electrons. The predicted octanol–water partition coefficient (Wildman–Crippen LogP) is 3.08. The summed E-state index contributed by atoms with van der Waals surface area (Å²) in [7, 11) is 2.14. The van der Waals surface area contributed by atoms with Gasteiger partial charge in [-0.15, -0.1) is 0 Å². The molecule has 3 nitrogen and oxygen atoms in total. The highest BCUT2D eigenvalue weighted by Crippen LogP contribution is 2.34. The van der Waals surface area contributed by atoms with E-state index in [2.05, 4.69) is 40.1 Å². The zero-order valence-corrected chi connectivity index (χ0v) is 13.7. The quantitative estimate of drug-likeness (QED) is 0.906. The lowest BCUT2D eigenvalue weighted by atomic mass is 9.98. The van der Waals surface area contributed by atoms with Crippen LogP contribution in [0, 0.1) is 0 Å². The topological polar surface area (TPSA) is 24.5 Å². The fraction of sp³-hybridized carbons (Fsp3) is 0.571. The maximum absolute atomic E-state index is 6.14. The second-order valence-electron chi connectivity index (χ2n) is 4.81. The summed E-state index contributed by atoms with van der Waals surface area (Å²) in [5.74, 6) is 0. The summed E-state index contributed by atoms with van der Waals surface area (Å²) in [5, 5.41) is 4.14. The molecule has 2 unspecified atom stereocenters. The van der Waals surface area contributed by atoms with Gasteiger partial charge in [0.15, 0.2) is 0 Å². The van der Waals surface area contributed by atoms with Crippen molar-refractivity contribution in [3.05, 3.63) is 33.3 Å². The van der Waals surface area contributed by atoms with Gasteiger partial charge in [-0.05, 0) is 37.4 Å². The van der Waals surface area contributed by atoms with Crippen LogP contribution in [-0.2, 0) is 4.74 Å². The van der Waals surface area contributed by atoms with E-state index < -0.39 is 0 Å². The minimum absolute atomic E-state index is 0.147. The Hall–Kier alpha value is -0.130. The molecule has 1 heterocycles. The molecule has 1 aromatic rings. The van der Waals surface area contributed by atoms with Crippen LogP contribution in [0.3, 0.4) is 0 Å². The third-order valence-corrected chi connectivity index (χ3v) is 4.43. The lowest BCUT2D eigenvalue weighted by molar-refractivity contribution is -0.0613. The van der Waals surface area contributed by atoms with E-state index in [0.29, 0.717) is 0 Å². The summed E-state index contributed by atoms with van der Waals surface area (Å²) in [5.41, 5.74) is 1.19.